The minimum atomic E-state index is -0.293. The molecule has 2 saturated carbocycles. The molecule has 3 nitrogen and oxygen atoms in total. The first-order valence-electron chi connectivity index (χ1n) is 7.55. The first kappa shape index (κ1) is 13.9. The van der Waals surface area contributed by atoms with Crippen LogP contribution in [0.2, 0.25) is 0 Å². The lowest BCUT2D eigenvalue weighted by Crippen LogP contribution is -2.27. The summed E-state index contributed by atoms with van der Waals surface area (Å²) in [5.74, 6) is 0.507. The van der Waals surface area contributed by atoms with E-state index in [-0.39, 0.29) is 24.1 Å². The summed E-state index contributed by atoms with van der Waals surface area (Å²) in [4.78, 5) is 11.9. The van der Waals surface area contributed by atoms with Gasteiger partial charge >= 0.3 is 5.97 Å². The van der Waals surface area contributed by atoms with Gasteiger partial charge in [-0.1, -0.05) is 25.7 Å². The Morgan fingerprint density at radius 2 is 1.72 bits per heavy atom. The summed E-state index contributed by atoms with van der Waals surface area (Å²) in [5.41, 5.74) is 0. The van der Waals surface area contributed by atoms with Crippen LogP contribution in [0.1, 0.15) is 64.7 Å². The van der Waals surface area contributed by atoms with Crippen LogP contribution in [0.25, 0.3) is 0 Å². The Hall–Kier alpha value is -0.570. The molecule has 104 valence electrons. The third-order valence-corrected chi connectivity index (χ3v) is 4.52. The molecule has 0 aromatic carbocycles. The first-order chi connectivity index (χ1) is 8.66. The third-order valence-electron chi connectivity index (χ3n) is 4.52. The van der Waals surface area contributed by atoms with Crippen molar-refractivity contribution in [1.29, 1.82) is 0 Å². The smallest absolute Gasteiger partial charge is 0.309 e. The Morgan fingerprint density at radius 1 is 1.17 bits per heavy atom. The molecule has 2 rings (SSSR count). The molecule has 2 aliphatic carbocycles. The Labute approximate surface area is 110 Å². The monoisotopic (exact) mass is 254 g/mol. The highest BCUT2D eigenvalue weighted by molar-refractivity contribution is 5.72. The summed E-state index contributed by atoms with van der Waals surface area (Å²) in [6, 6.07) is 0. The van der Waals surface area contributed by atoms with Crippen LogP contribution in [0.15, 0.2) is 0 Å². The number of rotatable bonds is 5. The summed E-state index contributed by atoms with van der Waals surface area (Å²) in [6.45, 7) is 1.91. The Kier molecular flexibility index (Phi) is 5.04. The Balaban J connectivity index is 1.70. The number of aliphatic hydroxyl groups is 1. The largest absolute Gasteiger partial charge is 0.462 e. The van der Waals surface area contributed by atoms with Crippen LogP contribution in [-0.2, 0) is 9.53 Å². The average Bonchev–Trinajstić information content (AvgIpc) is 3.02. The highest BCUT2D eigenvalue weighted by atomic mass is 16.5. The zero-order chi connectivity index (χ0) is 13.0. The topological polar surface area (TPSA) is 46.5 Å². The molecule has 0 bridgehead atoms. The van der Waals surface area contributed by atoms with Crippen molar-refractivity contribution >= 4 is 5.97 Å². The van der Waals surface area contributed by atoms with Crippen molar-refractivity contribution < 1.29 is 14.6 Å². The summed E-state index contributed by atoms with van der Waals surface area (Å²) in [5, 5.41) is 10.1. The Bertz CT molecular complexity index is 265. The molecule has 2 fully saturated rings. The highest BCUT2D eigenvalue weighted by Crippen LogP contribution is 2.30. The average molecular weight is 254 g/mol. The van der Waals surface area contributed by atoms with Crippen molar-refractivity contribution in [3.8, 4) is 0 Å². The van der Waals surface area contributed by atoms with Gasteiger partial charge in [0.25, 0.3) is 0 Å². The molecule has 0 unspecified atom stereocenters. The van der Waals surface area contributed by atoms with Gasteiger partial charge in [0, 0.05) is 6.42 Å². The molecular formula is C15H26O3. The second kappa shape index (κ2) is 6.55. The number of aliphatic hydroxyl groups excluding tert-OH is 1. The van der Waals surface area contributed by atoms with Crippen molar-refractivity contribution in [2.45, 2.75) is 76.9 Å². The molecule has 0 spiro atoms. The van der Waals surface area contributed by atoms with E-state index in [1.807, 2.05) is 6.92 Å². The molecule has 0 amide bonds. The van der Waals surface area contributed by atoms with E-state index in [1.54, 1.807) is 0 Å². The maximum atomic E-state index is 11.9. The fourth-order valence-electron chi connectivity index (χ4n) is 3.38. The lowest BCUT2D eigenvalue weighted by atomic mass is 9.96. The zero-order valence-electron chi connectivity index (χ0n) is 11.4. The van der Waals surface area contributed by atoms with Crippen LogP contribution in [0.3, 0.4) is 0 Å². The minimum Gasteiger partial charge on any atom is -0.462 e. The summed E-state index contributed by atoms with van der Waals surface area (Å²) >= 11 is 0. The molecular weight excluding hydrogens is 228 g/mol. The van der Waals surface area contributed by atoms with Crippen molar-refractivity contribution in [3.05, 3.63) is 0 Å². The van der Waals surface area contributed by atoms with E-state index >= 15 is 0 Å². The van der Waals surface area contributed by atoms with Crippen LogP contribution in [0, 0.1) is 11.8 Å². The van der Waals surface area contributed by atoms with Crippen LogP contribution < -0.4 is 0 Å². The van der Waals surface area contributed by atoms with Crippen LogP contribution >= 0.6 is 0 Å². The third kappa shape index (κ3) is 3.71. The molecule has 2 aliphatic rings. The molecule has 18 heavy (non-hydrogen) atoms. The quantitative estimate of drug-likeness (QED) is 0.767. The van der Waals surface area contributed by atoms with E-state index in [2.05, 4.69) is 0 Å². The van der Waals surface area contributed by atoms with E-state index < -0.39 is 0 Å². The zero-order valence-corrected chi connectivity index (χ0v) is 11.4. The van der Waals surface area contributed by atoms with Gasteiger partial charge in [0.2, 0.25) is 0 Å². The molecule has 0 aliphatic heterocycles. The number of hydrogen-bond acceptors (Lipinski definition) is 3. The van der Waals surface area contributed by atoms with Gasteiger partial charge in [0.15, 0.2) is 0 Å². The van der Waals surface area contributed by atoms with Gasteiger partial charge in [-0.2, -0.15) is 0 Å². The second-order valence-electron chi connectivity index (χ2n) is 6.08. The van der Waals surface area contributed by atoms with Crippen LogP contribution in [-0.4, -0.2) is 23.3 Å². The van der Waals surface area contributed by atoms with Gasteiger partial charge in [0.05, 0.1) is 12.0 Å². The maximum Gasteiger partial charge on any atom is 0.309 e. The first-order valence-corrected chi connectivity index (χ1v) is 7.55. The van der Waals surface area contributed by atoms with Gasteiger partial charge in [-0.15, -0.1) is 0 Å². The van der Waals surface area contributed by atoms with Crippen molar-refractivity contribution in [3.63, 3.8) is 0 Å². The SMILES string of the molecule is C[C@H](C[C@H](O)C1CCCC1)OC(=O)C1CCCC1. The van der Waals surface area contributed by atoms with E-state index in [0.29, 0.717) is 12.3 Å². The molecule has 0 saturated heterocycles. The Morgan fingerprint density at radius 3 is 2.33 bits per heavy atom. The lowest BCUT2D eigenvalue weighted by Gasteiger charge is -2.22. The molecule has 2 atom stereocenters. The number of carbonyl (C=O) groups excluding carboxylic acids is 1. The standard InChI is InChI=1S/C15H26O3/c1-11(10-14(16)12-6-2-3-7-12)18-15(17)13-8-4-5-9-13/h11-14,16H,2-10H2,1H3/t11-,14+/m1/s1. The van der Waals surface area contributed by atoms with Gasteiger partial charge in [0.1, 0.15) is 6.10 Å². The number of ether oxygens (including phenoxy) is 1. The van der Waals surface area contributed by atoms with Gasteiger partial charge in [-0.05, 0) is 38.5 Å². The molecule has 0 radical (unpaired) electrons. The number of hydrogen-bond donors (Lipinski definition) is 1. The van der Waals surface area contributed by atoms with E-state index in [4.69, 9.17) is 4.74 Å². The fourth-order valence-corrected chi connectivity index (χ4v) is 3.38. The van der Waals surface area contributed by atoms with Crippen LogP contribution in [0.4, 0.5) is 0 Å². The van der Waals surface area contributed by atoms with E-state index in [1.165, 1.54) is 12.8 Å². The van der Waals surface area contributed by atoms with E-state index in [0.717, 1.165) is 38.5 Å². The molecule has 1 N–H and O–H groups in total. The summed E-state index contributed by atoms with van der Waals surface area (Å²) in [6.07, 6.45) is 9.16. The minimum absolute atomic E-state index is 0.0429. The van der Waals surface area contributed by atoms with Gasteiger partial charge < -0.3 is 9.84 Å². The normalized spacial score (nSPS) is 25.2. The second-order valence-corrected chi connectivity index (χ2v) is 6.08. The predicted octanol–water partition coefficient (Wildman–Crippen LogP) is 3.05. The van der Waals surface area contributed by atoms with Gasteiger partial charge in [-0.3, -0.25) is 4.79 Å². The van der Waals surface area contributed by atoms with E-state index in [9.17, 15) is 9.90 Å². The number of carbonyl (C=O) groups is 1. The predicted molar refractivity (Wildman–Crippen MR) is 70.1 cm³/mol. The van der Waals surface area contributed by atoms with Crippen molar-refractivity contribution in [2.75, 3.05) is 0 Å². The van der Waals surface area contributed by atoms with Gasteiger partial charge in [-0.25, -0.2) is 0 Å². The molecule has 0 heterocycles. The van der Waals surface area contributed by atoms with Crippen molar-refractivity contribution in [2.24, 2.45) is 11.8 Å². The highest BCUT2D eigenvalue weighted by Gasteiger charge is 2.28. The van der Waals surface area contributed by atoms with Crippen LogP contribution in [0.5, 0.6) is 0 Å². The molecule has 0 aromatic rings. The summed E-state index contributed by atoms with van der Waals surface area (Å²) < 4.78 is 5.47. The fraction of sp³-hybridized carbons (Fsp3) is 0.933. The molecule has 3 heteroatoms. The number of esters is 1. The van der Waals surface area contributed by atoms with Crippen molar-refractivity contribution in [1.82, 2.24) is 0 Å². The maximum absolute atomic E-state index is 11.9. The molecule has 0 aromatic heterocycles. The summed E-state index contributed by atoms with van der Waals surface area (Å²) in [7, 11) is 0. The lowest BCUT2D eigenvalue weighted by molar-refractivity contribution is -0.154.